The summed E-state index contributed by atoms with van der Waals surface area (Å²) in [7, 11) is 1.86. The third-order valence-corrected chi connectivity index (χ3v) is 5.69. The van der Waals surface area contributed by atoms with Crippen LogP contribution in [0.25, 0.3) is 0 Å². The van der Waals surface area contributed by atoms with Crippen LogP contribution >= 0.6 is 0 Å². The van der Waals surface area contributed by atoms with E-state index in [0.29, 0.717) is 18.3 Å². The second kappa shape index (κ2) is 6.80. The standard InChI is InChI=1S/C17H29N5O2/c1-5-24-15-10-14(17(15,2)3)21(4)16(23)13-11-22(20-19-13)12-6-8-18-9-7-12/h11-12,14-15,18H,5-10H2,1-4H3/t14-,15+/m0/s1. The van der Waals surface area contributed by atoms with Crippen molar-refractivity contribution in [2.45, 2.75) is 58.2 Å². The molecule has 3 rings (SSSR count). The summed E-state index contributed by atoms with van der Waals surface area (Å²) in [6, 6.07) is 0.513. The van der Waals surface area contributed by atoms with Crippen LogP contribution < -0.4 is 5.32 Å². The molecule has 24 heavy (non-hydrogen) atoms. The second-order valence-electron chi connectivity index (χ2n) is 7.50. The molecule has 0 radical (unpaired) electrons. The van der Waals surface area contributed by atoms with Gasteiger partial charge in [0, 0.05) is 25.1 Å². The van der Waals surface area contributed by atoms with Crippen LogP contribution in [0.5, 0.6) is 0 Å². The Bertz CT molecular complexity index is 579. The van der Waals surface area contributed by atoms with Gasteiger partial charge in [-0.1, -0.05) is 19.1 Å². The predicted octanol–water partition coefficient (Wildman–Crippen LogP) is 1.48. The lowest BCUT2D eigenvalue weighted by Crippen LogP contribution is -2.62. The van der Waals surface area contributed by atoms with Gasteiger partial charge in [-0.05, 0) is 39.3 Å². The fraction of sp³-hybridized carbons (Fsp3) is 0.824. The molecule has 1 saturated heterocycles. The summed E-state index contributed by atoms with van der Waals surface area (Å²) in [4.78, 5) is 14.6. The lowest BCUT2D eigenvalue weighted by molar-refractivity contribution is -0.136. The number of piperidine rings is 1. The molecule has 1 aromatic rings. The fourth-order valence-electron chi connectivity index (χ4n) is 3.95. The number of carbonyl (C=O) groups is 1. The number of amides is 1. The van der Waals surface area contributed by atoms with E-state index in [0.717, 1.165) is 32.4 Å². The zero-order valence-corrected chi connectivity index (χ0v) is 15.2. The number of ether oxygens (including phenoxy) is 1. The number of hydrogen-bond acceptors (Lipinski definition) is 5. The summed E-state index contributed by atoms with van der Waals surface area (Å²) in [5.41, 5.74) is 0.400. The molecule has 2 atom stereocenters. The predicted molar refractivity (Wildman–Crippen MR) is 90.9 cm³/mol. The third-order valence-electron chi connectivity index (χ3n) is 5.69. The van der Waals surface area contributed by atoms with Crippen LogP contribution in [0, 0.1) is 5.41 Å². The number of carbonyl (C=O) groups excluding carboxylic acids is 1. The minimum Gasteiger partial charge on any atom is -0.378 e. The molecule has 1 aliphatic carbocycles. The SMILES string of the molecule is CCO[C@@H]1C[C@H](N(C)C(=O)c2cn(C3CCNCC3)nn2)C1(C)C. The summed E-state index contributed by atoms with van der Waals surface area (Å²) in [6.45, 7) is 9.03. The van der Waals surface area contributed by atoms with Gasteiger partial charge in [0.1, 0.15) is 0 Å². The van der Waals surface area contributed by atoms with Gasteiger partial charge in [-0.15, -0.1) is 5.10 Å². The minimum atomic E-state index is -0.0526. The van der Waals surface area contributed by atoms with Crippen LogP contribution in [-0.2, 0) is 4.74 Å². The molecule has 0 aromatic carbocycles. The van der Waals surface area contributed by atoms with Crippen molar-refractivity contribution >= 4 is 5.91 Å². The third kappa shape index (κ3) is 3.07. The maximum absolute atomic E-state index is 12.8. The van der Waals surface area contributed by atoms with Crippen LogP contribution in [0.1, 0.15) is 56.6 Å². The lowest BCUT2D eigenvalue weighted by Gasteiger charge is -2.54. The Hall–Kier alpha value is -1.47. The molecule has 2 aliphatic rings. The summed E-state index contributed by atoms with van der Waals surface area (Å²) < 4.78 is 7.62. The van der Waals surface area contributed by atoms with Crippen molar-refractivity contribution in [3.05, 3.63) is 11.9 Å². The highest BCUT2D eigenvalue weighted by molar-refractivity contribution is 5.92. The molecule has 0 spiro atoms. The molecule has 7 heteroatoms. The Morgan fingerprint density at radius 1 is 1.46 bits per heavy atom. The van der Waals surface area contributed by atoms with E-state index in [1.807, 2.05) is 23.6 Å². The van der Waals surface area contributed by atoms with E-state index in [1.165, 1.54) is 0 Å². The Balaban J connectivity index is 1.65. The van der Waals surface area contributed by atoms with Gasteiger partial charge >= 0.3 is 0 Å². The number of rotatable bonds is 5. The summed E-state index contributed by atoms with van der Waals surface area (Å²) >= 11 is 0. The first-order valence-corrected chi connectivity index (χ1v) is 8.96. The van der Waals surface area contributed by atoms with E-state index in [4.69, 9.17) is 4.74 Å². The van der Waals surface area contributed by atoms with Gasteiger partial charge in [0.2, 0.25) is 0 Å². The van der Waals surface area contributed by atoms with E-state index < -0.39 is 0 Å². The first-order valence-electron chi connectivity index (χ1n) is 8.96. The van der Waals surface area contributed by atoms with Crippen molar-refractivity contribution in [2.24, 2.45) is 5.41 Å². The molecule has 1 amide bonds. The monoisotopic (exact) mass is 335 g/mol. The summed E-state index contributed by atoms with van der Waals surface area (Å²) in [5, 5.41) is 11.7. The average Bonchev–Trinajstić information content (AvgIpc) is 3.08. The Kier molecular flexibility index (Phi) is 4.92. The summed E-state index contributed by atoms with van der Waals surface area (Å²) in [6.07, 6.45) is 4.96. The topological polar surface area (TPSA) is 72.3 Å². The van der Waals surface area contributed by atoms with Gasteiger partial charge in [0.15, 0.2) is 5.69 Å². The molecule has 2 fully saturated rings. The van der Waals surface area contributed by atoms with Gasteiger partial charge in [0.25, 0.3) is 5.91 Å². The molecule has 134 valence electrons. The van der Waals surface area contributed by atoms with Crippen molar-refractivity contribution in [2.75, 3.05) is 26.7 Å². The van der Waals surface area contributed by atoms with Crippen molar-refractivity contribution in [3.63, 3.8) is 0 Å². The van der Waals surface area contributed by atoms with Gasteiger partial charge in [-0.3, -0.25) is 4.79 Å². The quantitative estimate of drug-likeness (QED) is 0.882. The Morgan fingerprint density at radius 3 is 2.79 bits per heavy atom. The minimum absolute atomic E-state index is 0.0363. The number of nitrogens with one attached hydrogen (secondary N) is 1. The van der Waals surface area contributed by atoms with Crippen LogP contribution in [0.15, 0.2) is 6.20 Å². The highest BCUT2D eigenvalue weighted by Gasteiger charge is 2.52. The normalized spacial score (nSPS) is 26.8. The highest BCUT2D eigenvalue weighted by atomic mass is 16.5. The number of aromatic nitrogens is 3. The van der Waals surface area contributed by atoms with Gasteiger partial charge < -0.3 is 15.0 Å². The number of nitrogens with zero attached hydrogens (tertiary/aromatic N) is 4. The average molecular weight is 335 g/mol. The first-order chi connectivity index (χ1) is 11.4. The van der Waals surface area contributed by atoms with Crippen molar-refractivity contribution < 1.29 is 9.53 Å². The smallest absolute Gasteiger partial charge is 0.276 e. The van der Waals surface area contributed by atoms with Crippen molar-refractivity contribution in [1.82, 2.24) is 25.2 Å². The molecule has 7 nitrogen and oxygen atoms in total. The first kappa shape index (κ1) is 17.4. The maximum atomic E-state index is 12.8. The molecule has 1 N–H and O–H groups in total. The zero-order valence-electron chi connectivity index (χ0n) is 15.2. The Labute approximate surface area is 143 Å². The molecular formula is C17H29N5O2. The lowest BCUT2D eigenvalue weighted by atomic mass is 9.63. The summed E-state index contributed by atoms with van der Waals surface area (Å²) in [5.74, 6) is -0.0526. The van der Waals surface area contributed by atoms with E-state index in [2.05, 4.69) is 29.5 Å². The van der Waals surface area contributed by atoms with Gasteiger partial charge in [0.05, 0.1) is 18.3 Å². The van der Waals surface area contributed by atoms with E-state index in [1.54, 1.807) is 6.20 Å². The van der Waals surface area contributed by atoms with E-state index in [9.17, 15) is 4.79 Å². The van der Waals surface area contributed by atoms with Crippen LogP contribution in [0.2, 0.25) is 0 Å². The zero-order chi connectivity index (χ0) is 17.3. The highest BCUT2D eigenvalue weighted by Crippen LogP contribution is 2.45. The molecule has 2 heterocycles. The maximum Gasteiger partial charge on any atom is 0.276 e. The molecule has 1 aliphatic heterocycles. The van der Waals surface area contributed by atoms with Crippen LogP contribution in [0.3, 0.4) is 0 Å². The molecule has 1 saturated carbocycles. The van der Waals surface area contributed by atoms with Crippen LogP contribution in [0.4, 0.5) is 0 Å². The second-order valence-corrected chi connectivity index (χ2v) is 7.50. The van der Waals surface area contributed by atoms with E-state index in [-0.39, 0.29) is 23.5 Å². The molecular weight excluding hydrogens is 306 g/mol. The molecule has 1 aromatic heterocycles. The Morgan fingerprint density at radius 2 is 2.17 bits per heavy atom. The van der Waals surface area contributed by atoms with Crippen molar-refractivity contribution in [1.29, 1.82) is 0 Å². The molecule has 0 unspecified atom stereocenters. The van der Waals surface area contributed by atoms with Gasteiger partial charge in [-0.25, -0.2) is 4.68 Å². The van der Waals surface area contributed by atoms with E-state index >= 15 is 0 Å². The number of hydrogen-bond donors (Lipinski definition) is 1. The van der Waals surface area contributed by atoms with Crippen LogP contribution in [-0.4, -0.2) is 64.7 Å². The van der Waals surface area contributed by atoms with Gasteiger partial charge in [-0.2, -0.15) is 0 Å². The van der Waals surface area contributed by atoms with Crippen molar-refractivity contribution in [3.8, 4) is 0 Å². The molecule has 0 bridgehead atoms. The fourth-order valence-corrected chi connectivity index (χ4v) is 3.95. The largest absolute Gasteiger partial charge is 0.378 e.